The first-order valence-corrected chi connectivity index (χ1v) is 4.16. The van der Waals surface area contributed by atoms with Gasteiger partial charge in [-0.3, -0.25) is 4.79 Å². The Hall–Kier alpha value is -1.82. The summed E-state index contributed by atoms with van der Waals surface area (Å²) in [6.45, 7) is 0. The van der Waals surface area contributed by atoms with Gasteiger partial charge in [-0.05, 0) is 24.1 Å². The Morgan fingerprint density at radius 2 is 2.00 bits per heavy atom. The maximum Gasteiger partial charge on any atom is 0.193 e. The van der Waals surface area contributed by atoms with Crippen LogP contribution in [0.4, 0.5) is 0 Å². The lowest BCUT2D eigenvalue weighted by atomic mass is 9.76. The molecular formula is C10H4B2O3. The molecule has 0 amide bonds. The van der Waals surface area contributed by atoms with Crippen LogP contribution in [0.5, 0.6) is 11.5 Å². The third kappa shape index (κ3) is 1.99. The molecule has 1 aromatic carbocycles. The highest BCUT2D eigenvalue weighted by molar-refractivity contribution is 6.38. The summed E-state index contributed by atoms with van der Waals surface area (Å²) in [5.41, 5.74) is -0.999. The third-order valence-electron chi connectivity index (χ3n) is 1.76. The van der Waals surface area contributed by atoms with E-state index >= 15 is 0 Å². The van der Waals surface area contributed by atoms with Crippen LogP contribution >= 0.6 is 0 Å². The molecule has 1 aromatic rings. The van der Waals surface area contributed by atoms with E-state index in [9.17, 15) is 4.79 Å². The number of fused-ring (bicyclic) bond motifs is 1. The number of ether oxygens (including phenoxy) is 2. The Bertz CT molecular complexity index is 471. The molecule has 5 heteroatoms. The Morgan fingerprint density at radius 3 is 2.73 bits per heavy atom. The highest BCUT2D eigenvalue weighted by Crippen LogP contribution is 2.37. The Kier molecular flexibility index (Phi) is 2.20. The second-order valence-electron chi connectivity index (χ2n) is 2.97. The third-order valence-corrected chi connectivity index (χ3v) is 1.76. The minimum Gasteiger partial charge on any atom is -0.468 e. The van der Waals surface area contributed by atoms with E-state index in [-0.39, 0.29) is 0 Å². The van der Waals surface area contributed by atoms with Gasteiger partial charge in [0, 0.05) is 5.56 Å². The van der Waals surface area contributed by atoms with Gasteiger partial charge in [0.25, 0.3) is 0 Å². The molecule has 0 saturated carbocycles. The molecule has 0 unspecified atom stereocenters. The van der Waals surface area contributed by atoms with Crippen LogP contribution < -0.4 is 9.47 Å². The molecule has 0 aromatic heterocycles. The second-order valence-corrected chi connectivity index (χ2v) is 2.97. The fourth-order valence-electron chi connectivity index (χ4n) is 1.23. The van der Waals surface area contributed by atoms with Crippen molar-refractivity contribution in [1.29, 1.82) is 0 Å². The van der Waals surface area contributed by atoms with Crippen LogP contribution in [0.3, 0.4) is 0 Å². The van der Waals surface area contributed by atoms with E-state index in [4.69, 9.17) is 25.2 Å². The van der Waals surface area contributed by atoms with Crippen molar-refractivity contribution in [2.24, 2.45) is 0 Å². The molecule has 0 bridgehead atoms. The molecule has 0 saturated heterocycles. The molecule has 0 aliphatic carbocycles. The molecule has 0 N–H and O–H groups in total. The summed E-state index contributed by atoms with van der Waals surface area (Å²) in [7, 11) is 10.8. The van der Waals surface area contributed by atoms with Crippen LogP contribution in [0.1, 0.15) is 5.56 Å². The first-order valence-electron chi connectivity index (χ1n) is 4.16. The number of carbonyl (C=O) groups excluding carboxylic acids is 1. The van der Waals surface area contributed by atoms with E-state index in [2.05, 4.69) is 11.8 Å². The first-order chi connectivity index (χ1) is 7.11. The zero-order valence-electron chi connectivity index (χ0n) is 7.69. The van der Waals surface area contributed by atoms with Crippen LogP contribution in [0.25, 0.3) is 0 Å². The number of aldehydes is 1. The van der Waals surface area contributed by atoms with E-state index in [0.717, 1.165) is 0 Å². The van der Waals surface area contributed by atoms with Gasteiger partial charge in [-0.15, -0.1) is 0 Å². The summed E-state index contributed by atoms with van der Waals surface area (Å²) in [5.74, 6) is 5.77. The van der Waals surface area contributed by atoms with Crippen LogP contribution in [-0.2, 0) is 4.79 Å². The normalized spacial score (nSPS) is 15.2. The number of hydrogen-bond donors (Lipinski definition) is 0. The van der Waals surface area contributed by atoms with E-state index < -0.39 is 5.59 Å². The predicted octanol–water partition coefficient (Wildman–Crippen LogP) is -0.0435. The average molecular weight is 194 g/mol. The van der Waals surface area contributed by atoms with Crippen molar-refractivity contribution in [2.75, 3.05) is 0 Å². The monoisotopic (exact) mass is 194 g/mol. The van der Waals surface area contributed by atoms with Gasteiger partial charge in [-0.25, -0.2) is 0 Å². The van der Waals surface area contributed by atoms with E-state index in [1.165, 1.54) is 0 Å². The first kappa shape index (κ1) is 9.72. The van der Waals surface area contributed by atoms with Crippen molar-refractivity contribution >= 4 is 22.0 Å². The minimum atomic E-state index is -1.63. The van der Waals surface area contributed by atoms with E-state index in [1.807, 2.05) is 0 Å². The zero-order chi connectivity index (χ0) is 10.9. The van der Waals surface area contributed by atoms with Gasteiger partial charge in [-0.2, -0.15) is 0 Å². The molecule has 0 atom stereocenters. The summed E-state index contributed by atoms with van der Waals surface area (Å²) < 4.78 is 10.2. The van der Waals surface area contributed by atoms with Crippen molar-refractivity contribution < 1.29 is 14.3 Å². The van der Waals surface area contributed by atoms with Gasteiger partial charge < -0.3 is 9.47 Å². The van der Waals surface area contributed by atoms with Crippen molar-refractivity contribution in [3.63, 3.8) is 0 Å². The lowest BCUT2D eigenvalue weighted by Gasteiger charge is -2.18. The Balaban J connectivity index is 2.34. The fourth-order valence-corrected chi connectivity index (χ4v) is 1.23. The van der Waals surface area contributed by atoms with Gasteiger partial charge in [0.15, 0.2) is 39.1 Å². The number of rotatable bonds is 0. The quantitative estimate of drug-likeness (QED) is 0.330. The summed E-state index contributed by atoms with van der Waals surface area (Å²) in [5, 5.41) is 0. The van der Waals surface area contributed by atoms with Gasteiger partial charge in [0.1, 0.15) is 0 Å². The zero-order valence-corrected chi connectivity index (χ0v) is 7.69. The fraction of sp³-hybridized carbons (Fsp3) is 0.100. The topological polar surface area (TPSA) is 35.5 Å². The molecule has 3 nitrogen and oxygen atoms in total. The molecule has 0 spiro atoms. The minimum absolute atomic E-state index is 0.415. The molecule has 1 aliphatic heterocycles. The largest absolute Gasteiger partial charge is 0.468 e. The van der Waals surface area contributed by atoms with Gasteiger partial charge in [0.2, 0.25) is 0 Å². The standard InChI is InChI=1S/C10H4B2O3/c11-10(12)14-8-4-3-7(2-1-5-13)6-9(8)15-10/h3-6H. The molecule has 0 fully saturated rings. The molecular weight excluding hydrogens is 190 g/mol. The van der Waals surface area contributed by atoms with Crippen LogP contribution in [0.2, 0.25) is 0 Å². The van der Waals surface area contributed by atoms with Crippen LogP contribution in [0.15, 0.2) is 18.2 Å². The maximum atomic E-state index is 10.0. The molecule has 1 heterocycles. The predicted molar refractivity (Wildman–Crippen MR) is 54.9 cm³/mol. The lowest BCUT2D eigenvalue weighted by molar-refractivity contribution is -0.103. The smallest absolute Gasteiger partial charge is 0.193 e. The highest BCUT2D eigenvalue weighted by Gasteiger charge is 2.29. The Morgan fingerprint density at radius 1 is 1.27 bits per heavy atom. The summed E-state index contributed by atoms with van der Waals surface area (Å²) >= 11 is 0. The van der Waals surface area contributed by atoms with Gasteiger partial charge >= 0.3 is 0 Å². The SMILES string of the molecule is [B]C1([B])Oc2ccc(C#CC=O)cc2O1. The molecule has 68 valence electrons. The van der Waals surface area contributed by atoms with Gasteiger partial charge in [0.05, 0.1) is 0 Å². The highest BCUT2D eigenvalue weighted by atomic mass is 16.7. The number of benzene rings is 1. The van der Waals surface area contributed by atoms with Crippen LogP contribution in [-0.4, -0.2) is 27.6 Å². The van der Waals surface area contributed by atoms with E-state index in [0.29, 0.717) is 23.3 Å². The number of carbonyl (C=O) groups is 1. The summed E-state index contributed by atoms with van der Waals surface area (Å²) in [6.07, 6.45) is 0.515. The summed E-state index contributed by atoms with van der Waals surface area (Å²) in [4.78, 5) is 10.0. The second kappa shape index (κ2) is 3.39. The lowest BCUT2D eigenvalue weighted by Crippen LogP contribution is -2.39. The molecule has 4 radical (unpaired) electrons. The van der Waals surface area contributed by atoms with Gasteiger partial charge in [-0.1, -0.05) is 5.92 Å². The molecule has 2 rings (SSSR count). The Labute approximate surface area is 89.6 Å². The van der Waals surface area contributed by atoms with Crippen molar-refractivity contribution in [3.05, 3.63) is 23.8 Å². The van der Waals surface area contributed by atoms with Crippen molar-refractivity contribution in [3.8, 4) is 23.3 Å². The summed E-state index contributed by atoms with van der Waals surface area (Å²) in [6, 6.07) is 4.92. The van der Waals surface area contributed by atoms with Crippen molar-refractivity contribution in [2.45, 2.75) is 5.59 Å². The number of hydrogen-bond acceptors (Lipinski definition) is 3. The molecule has 1 aliphatic rings. The average Bonchev–Trinajstić information content (AvgIpc) is 2.47. The molecule has 15 heavy (non-hydrogen) atoms. The van der Waals surface area contributed by atoms with Crippen LogP contribution in [0, 0.1) is 11.8 Å². The van der Waals surface area contributed by atoms with Crippen molar-refractivity contribution in [1.82, 2.24) is 0 Å². The maximum absolute atomic E-state index is 10.0. The van der Waals surface area contributed by atoms with E-state index in [1.54, 1.807) is 18.2 Å².